The molecule has 0 radical (unpaired) electrons. The van der Waals surface area contributed by atoms with E-state index in [9.17, 15) is 9.59 Å². The molecule has 0 aliphatic carbocycles. The third-order valence-corrected chi connectivity index (χ3v) is 3.64. The van der Waals surface area contributed by atoms with Gasteiger partial charge in [-0.15, -0.1) is 0 Å². The lowest BCUT2D eigenvalue weighted by atomic mass is 10.2. The number of nitrogens with two attached hydrogens (primary N) is 1. The van der Waals surface area contributed by atoms with Gasteiger partial charge in [-0.05, 0) is 36.4 Å². The van der Waals surface area contributed by atoms with E-state index in [1.807, 2.05) is 36.4 Å². The molecule has 0 aliphatic heterocycles. The summed E-state index contributed by atoms with van der Waals surface area (Å²) < 4.78 is 11.2. The third-order valence-electron chi connectivity index (χ3n) is 3.64. The van der Waals surface area contributed by atoms with E-state index >= 15 is 0 Å². The number of ether oxygens (including phenoxy) is 2. The molecule has 0 spiro atoms. The quantitative estimate of drug-likeness (QED) is 0.672. The number of carbonyl (C=O) groups is 2. The van der Waals surface area contributed by atoms with Crippen molar-refractivity contribution in [1.29, 1.82) is 0 Å². The van der Waals surface area contributed by atoms with Crippen LogP contribution in [0.4, 0.5) is 5.69 Å². The molecule has 2 amide bonds. The molecule has 0 fully saturated rings. The second-order valence-electron chi connectivity index (χ2n) is 5.61. The first-order valence-electron chi connectivity index (χ1n) is 8.27. The number of benzene rings is 3. The standard InChI is InChI=1S/C21H18N2O4/c22-21(25)16-10-4-6-12-18(16)26-14-20(24)23-17-11-5-7-13-19(17)27-15-8-2-1-3-9-15/h1-13H,14H2,(H2,22,25)(H,23,24). The average molecular weight is 362 g/mol. The van der Waals surface area contributed by atoms with Crippen LogP contribution in [0.25, 0.3) is 0 Å². The van der Waals surface area contributed by atoms with E-state index in [1.54, 1.807) is 42.5 Å². The minimum Gasteiger partial charge on any atom is -0.483 e. The summed E-state index contributed by atoms with van der Waals surface area (Å²) in [6.07, 6.45) is 0. The van der Waals surface area contributed by atoms with Gasteiger partial charge in [-0.1, -0.05) is 42.5 Å². The van der Waals surface area contributed by atoms with Crippen LogP contribution in [0, 0.1) is 0 Å². The number of rotatable bonds is 7. The van der Waals surface area contributed by atoms with Crippen LogP contribution in [0.3, 0.4) is 0 Å². The first kappa shape index (κ1) is 18.0. The molecule has 27 heavy (non-hydrogen) atoms. The summed E-state index contributed by atoms with van der Waals surface area (Å²) in [6.45, 7) is -0.274. The molecular formula is C21H18N2O4. The Balaban J connectivity index is 1.66. The van der Waals surface area contributed by atoms with Gasteiger partial charge < -0.3 is 20.5 Å². The average Bonchev–Trinajstić information content (AvgIpc) is 2.69. The molecule has 3 N–H and O–H groups in total. The van der Waals surface area contributed by atoms with Crippen molar-refractivity contribution in [1.82, 2.24) is 0 Å². The highest BCUT2D eigenvalue weighted by Crippen LogP contribution is 2.29. The van der Waals surface area contributed by atoms with E-state index in [0.29, 0.717) is 17.2 Å². The Morgan fingerprint density at radius 3 is 2.19 bits per heavy atom. The molecular weight excluding hydrogens is 344 g/mol. The Morgan fingerprint density at radius 2 is 1.44 bits per heavy atom. The van der Waals surface area contributed by atoms with Gasteiger partial charge >= 0.3 is 0 Å². The lowest BCUT2D eigenvalue weighted by molar-refractivity contribution is -0.118. The van der Waals surface area contributed by atoms with E-state index < -0.39 is 11.8 Å². The Kier molecular flexibility index (Phi) is 5.69. The minimum absolute atomic E-state index is 0.220. The predicted octanol–water partition coefficient (Wildman–Crippen LogP) is 3.60. The van der Waals surface area contributed by atoms with Crippen LogP contribution in [0.1, 0.15) is 10.4 Å². The van der Waals surface area contributed by atoms with E-state index in [0.717, 1.165) is 0 Å². The third kappa shape index (κ3) is 4.85. The summed E-state index contributed by atoms with van der Waals surface area (Å²) >= 11 is 0. The van der Waals surface area contributed by atoms with Gasteiger partial charge in [0.05, 0.1) is 11.3 Å². The van der Waals surface area contributed by atoms with Gasteiger partial charge in [-0.25, -0.2) is 0 Å². The number of para-hydroxylation sites is 4. The molecule has 3 rings (SSSR count). The maximum absolute atomic E-state index is 12.3. The van der Waals surface area contributed by atoms with Crippen LogP contribution in [-0.2, 0) is 4.79 Å². The molecule has 0 atom stereocenters. The van der Waals surface area contributed by atoms with Crippen molar-refractivity contribution < 1.29 is 19.1 Å². The van der Waals surface area contributed by atoms with Crippen LogP contribution in [0.2, 0.25) is 0 Å². The molecule has 0 aliphatic rings. The summed E-state index contributed by atoms with van der Waals surface area (Å²) in [4.78, 5) is 23.7. The number of hydrogen-bond donors (Lipinski definition) is 2. The number of carbonyl (C=O) groups excluding carboxylic acids is 2. The summed E-state index contributed by atoms with van der Waals surface area (Å²) in [5.74, 6) is 0.417. The fourth-order valence-electron chi connectivity index (χ4n) is 2.40. The normalized spacial score (nSPS) is 10.1. The van der Waals surface area contributed by atoms with E-state index in [1.165, 1.54) is 0 Å². The second kappa shape index (κ2) is 8.53. The van der Waals surface area contributed by atoms with Crippen molar-refractivity contribution in [3.05, 3.63) is 84.4 Å². The Bertz CT molecular complexity index is 942. The summed E-state index contributed by atoms with van der Waals surface area (Å²) in [6, 6.07) is 22.8. The number of primary amides is 1. The molecule has 0 saturated heterocycles. The summed E-state index contributed by atoms with van der Waals surface area (Å²) in [5, 5.41) is 2.74. The molecule has 3 aromatic rings. The highest BCUT2D eigenvalue weighted by molar-refractivity contribution is 5.96. The van der Waals surface area contributed by atoms with E-state index in [-0.39, 0.29) is 17.9 Å². The lowest BCUT2D eigenvalue weighted by Crippen LogP contribution is -2.22. The molecule has 6 heteroatoms. The van der Waals surface area contributed by atoms with Crippen molar-refractivity contribution in [2.45, 2.75) is 0 Å². The zero-order chi connectivity index (χ0) is 19.1. The van der Waals surface area contributed by atoms with Gasteiger partial charge in [-0.2, -0.15) is 0 Å². The Morgan fingerprint density at radius 1 is 0.815 bits per heavy atom. The largest absolute Gasteiger partial charge is 0.483 e. The fraction of sp³-hybridized carbons (Fsp3) is 0.0476. The smallest absolute Gasteiger partial charge is 0.262 e. The van der Waals surface area contributed by atoms with Crippen LogP contribution < -0.4 is 20.5 Å². The van der Waals surface area contributed by atoms with Gasteiger partial charge in [0, 0.05) is 0 Å². The number of hydrogen-bond acceptors (Lipinski definition) is 4. The van der Waals surface area contributed by atoms with Gasteiger partial charge in [0.1, 0.15) is 11.5 Å². The second-order valence-corrected chi connectivity index (χ2v) is 5.61. The number of nitrogens with one attached hydrogen (secondary N) is 1. The van der Waals surface area contributed by atoms with Crippen LogP contribution in [0.5, 0.6) is 17.2 Å². The molecule has 0 aromatic heterocycles. The van der Waals surface area contributed by atoms with Crippen molar-refractivity contribution in [2.24, 2.45) is 5.73 Å². The molecule has 136 valence electrons. The first-order valence-corrected chi connectivity index (χ1v) is 8.27. The monoisotopic (exact) mass is 362 g/mol. The van der Waals surface area contributed by atoms with E-state index in [4.69, 9.17) is 15.2 Å². The molecule has 0 bridgehead atoms. The lowest BCUT2D eigenvalue weighted by Gasteiger charge is -2.13. The summed E-state index contributed by atoms with van der Waals surface area (Å²) in [7, 11) is 0. The molecule has 0 heterocycles. The van der Waals surface area contributed by atoms with Crippen LogP contribution in [-0.4, -0.2) is 18.4 Å². The van der Waals surface area contributed by atoms with E-state index in [2.05, 4.69) is 5.32 Å². The van der Waals surface area contributed by atoms with Gasteiger partial charge in [-0.3, -0.25) is 9.59 Å². The number of anilines is 1. The Labute approximate surface area is 156 Å². The maximum atomic E-state index is 12.3. The fourth-order valence-corrected chi connectivity index (χ4v) is 2.40. The van der Waals surface area contributed by atoms with Gasteiger partial charge in [0.2, 0.25) is 0 Å². The van der Waals surface area contributed by atoms with Crippen molar-refractivity contribution in [3.63, 3.8) is 0 Å². The molecule has 0 unspecified atom stereocenters. The van der Waals surface area contributed by atoms with Crippen molar-refractivity contribution in [3.8, 4) is 17.2 Å². The Hall–Kier alpha value is -3.80. The highest BCUT2D eigenvalue weighted by atomic mass is 16.5. The van der Waals surface area contributed by atoms with Crippen LogP contribution in [0.15, 0.2) is 78.9 Å². The van der Waals surface area contributed by atoms with Crippen molar-refractivity contribution in [2.75, 3.05) is 11.9 Å². The first-order chi connectivity index (χ1) is 13.1. The minimum atomic E-state index is -0.618. The van der Waals surface area contributed by atoms with Crippen molar-refractivity contribution >= 4 is 17.5 Å². The molecule has 0 saturated carbocycles. The maximum Gasteiger partial charge on any atom is 0.262 e. The van der Waals surface area contributed by atoms with Crippen LogP contribution >= 0.6 is 0 Å². The topological polar surface area (TPSA) is 90.7 Å². The molecule has 6 nitrogen and oxygen atoms in total. The SMILES string of the molecule is NC(=O)c1ccccc1OCC(=O)Nc1ccccc1Oc1ccccc1. The zero-order valence-electron chi connectivity index (χ0n) is 14.4. The predicted molar refractivity (Wildman–Crippen MR) is 102 cm³/mol. The molecule has 3 aromatic carbocycles. The van der Waals surface area contributed by atoms with Gasteiger partial charge in [0.15, 0.2) is 12.4 Å². The van der Waals surface area contributed by atoms with Gasteiger partial charge in [0.25, 0.3) is 11.8 Å². The summed E-state index contributed by atoms with van der Waals surface area (Å²) in [5.41, 5.74) is 6.03. The zero-order valence-corrected chi connectivity index (χ0v) is 14.4. The highest BCUT2D eigenvalue weighted by Gasteiger charge is 2.12. The number of amides is 2.